The lowest BCUT2D eigenvalue weighted by Gasteiger charge is -2.18. The number of aryl methyl sites for hydroxylation is 2. The third-order valence-corrected chi connectivity index (χ3v) is 3.06. The van der Waals surface area contributed by atoms with Crippen LogP contribution in [0, 0.1) is 13.8 Å². The summed E-state index contributed by atoms with van der Waals surface area (Å²) in [5.41, 5.74) is 3.43. The van der Waals surface area contributed by atoms with Crippen LogP contribution in [0.4, 0.5) is 0 Å². The molecule has 3 N–H and O–H groups in total. The highest BCUT2D eigenvalue weighted by Gasteiger charge is 2.11. The zero-order valence-corrected chi connectivity index (χ0v) is 11.4. The summed E-state index contributed by atoms with van der Waals surface area (Å²) in [7, 11) is 1.66. The molecule has 0 radical (unpaired) electrons. The van der Waals surface area contributed by atoms with Gasteiger partial charge in [0.1, 0.15) is 5.75 Å². The van der Waals surface area contributed by atoms with E-state index in [1.165, 1.54) is 11.1 Å². The van der Waals surface area contributed by atoms with Crippen molar-refractivity contribution < 1.29 is 14.9 Å². The molecule has 0 bridgehead atoms. The van der Waals surface area contributed by atoms with Crippen LogP contribution in [0.2, 0.25) is 0 Å². The van der Waals surface area contributed by atoms with Gasteiger partial charge in [-0.05, 0) is 37.5 Å². The Morgan fingerprint density at radius 1 is 1.28 bits per heavy atom. The van der Waals surface area contributed by atoms with Crippen molar-refractivity contribution in [1.82, 2.24) is 5.32 Å². The number of hydrogen-bond acceptors (Lipinski definition) is 4. The first-order valence-electron chi connectivity index (χ1n) is 6.21. The Hall–Kier alpha value is -1.10. The molecule has 1 aromatic carbocycles. The van der Waals surface area contributed by atoms with Gasteiger partial charge in [-0.15, -0.1) is 0 Å². The number of rotatable bonds is 7. The first kappa shape index (κ1) is 15.0. The molecule has 18 heavy (non-hydrogen) atoms. The minimum Gasteiger partial charge on any atom is -0.496 e. The fourth-order valence-electron chi connectivity index (χ4n) is 2.03. The molecule has 1 atom stereocenters. The lowest BCUT2D eigenvalue weighted by molar-refractivity contribution is 0.199. The molecule has 0 aliphatic rings. The molecule has 1 aromatic rings. The highest BCUT2D eigenvalue weighted by molar-refractivity contribution is 5.42. The number of hydrogen-bond donors (Lipinski definition) is 3. The maximum atomic E-state index is 9.17. The van der Waals surface area contributed by atoms with E-state index in [0.29, 0.717) is 13.0 Å². The van der Waals surface area contributed by atoms with E-state index in [1.807, 2.05) is 19.9 Å². The van der Waals surface area contributed by atoms with Gasteiger partial charge in [0.2, 0.25) is 0 Å². The minimum atomic E-state index is -0.0830. The number of benzene rings is 1. The summed E-state index contributed by atoms with van der Waals surface area (Å²) >= 11 is 0. The highest BCUT2D eigenvalue weighted by atomic mass is 16.5. The molecular formula is C14H23NO3. The van der Waals surface area contributed by atoms with Crippen LogP contribution < -0.4 is 10.1 Å². The van der Waals surface area contributed by atoms with E-state index >= 15 is 0 Å². The van der Waals surface area contributed by atoms with Crippen molar-refractivity contribution in [3.8, 4) is 5.75 Å². The Bertz CT molecular complexity index is 380. The van der Waals surface area contributed by atoms with Gasteiger partial charge in [-0.2, -0.15) is 0 Å². The van der Waals surface area contributed by atoms with Crippen molar-refractivity contribution in [3.63, 3.8) is 0 Å². The predicted molar refractivity (Wildman–Crippen MR) is 71.9 cm³/mol. The molecule has 0 spiro atoms. The van der Waals surface area contributed by atoms with E-state index in [2.05, 4.69) is 11.4 Å². The first-order valence-corrected chi connectivity index (χ1v) is 6.21. The van der Waals surface area contributed by atoms with Crippen LogP contribution in [0.1, 0.15) is 23.1 Å². The Morgan fingerprint density at radius 2 is 2.00 bits per heavy atom. The second kappa shape index (κ2) is 7.36. The lowest BCUT2D eigenvalue weighted by atomic mass is 10.0. The van der Waals surface area contributed by atoms with Gasteiger partial charge in [-0.1, -0.05) is 6.07 Å². The molecule has 4 heteroatoms. The largest absolute Gasteiger partial charge is 0.496 e. The quantitative estimate of drug-likeness (QED) is 0.682. The lowest BCUT2D eigenvalue weighted by Crippen LogP contribution is -2.33. The van der Waals surface area contributed by atoms with E-state index < -0.39 is 0 Å². The molecule has 0 aliphatic carbocycles. The van der Waals surface area contributed by atoms with Gasteiger partial charge in [-0.3, -0.25) is 0 Å². The summed E-state index contributed by atoms with van der Waals surface area (Å²) in [5.74, 6) is 0.862. The standard InChI is InChI=1S/C14H23NO3/c1-10-6-11(2)13(14(7-10)18-3)8-15-12(9-17)4-5-16/h6-7,12,15-17H,4-5,8-9H2,1-3H3. The van der Waals surface area contributed by atoms with E-state index in [1.54, 1.807) is 7.11 Å². The van der Waals surface area contributed by atoms with Gasteiger partial charge in [0.15, 0.2) is 0 Å². The van der Waals surface area contributed by atoms with Crippen LogP contribution in [-0.2, 0) is 6.54 Å². The number of aliphatic hydroxyl groups is 2. The Morgan fingerprint density at radius 3 is 2.56 bits per heavy atom. The van der Waals surface area contributed by atoms with Crippen LogP contribution in [0.3, 0.4) is 0 Å². The van der Waals surface area contributed by atoms with Crippen LogP contribution >= 0.6 is 0 Å². The summed E-state index contributed by atoms with van der Waals surface area (Å²) < 4.78 is 5.38. The smallest absolute Gasteiger partial charge is 0.123 e. The molecule has 0 aromatic heterocycles. The second-order valence-electron chi connectivity index (χ2n) is 4.54. The minimum absolute atomic E-state index is 0.0216. The van der Waals surface area contributed by atoms with Crippen LogP contribution in [-0.4, -0.2) is 36.6 Å². The molecule has 4 nitrogen and oxygen atoms in total. The summed E-state index contributed by atoms with van der Waals surface area (Å²) in [5, 5.41) is 21.3. The Labute approximate surface area is 109 Å². The molecule has 0 heterocycles. The molecule has 0 saturated heterocycles. The van der Waals surface area contributed by atoms with Crippen molar-refractivity contribution in [2.75, 3.05) is 20.3 Å². The Kier molecular flexibility index (Phi) is 6.12. The number of aliphatic hydroxyl groups excluding tert-OH is 2. The molecule has 0 aliphatic heterocycles. The van der Waals surface area contributed by atoms with Crippen molar-refractivity contribution in [1.29, 1.82) is 0 Å². The van der Waals surface area contributed by atoms with Gasteiger partial charge in [-0.25, -0.2) is 0 Å². The molecule has 102 valence electrons. The summed E-state index contributed by atoms with van der Waals surface area (Å²) in [4.78, 5) is 0. The van der Waals surface area contributed by atoms with Gasteiger partial charge in [0.05, 0.1) is 13.7 Å². The molecule has 0 amide bonds. The van der Waals surface area contributed by atoms with Crippen molar-refractivity contribution in [2.45, 2.75) is 32.9 Å². The molecule has 1 unspecified atom stereocenters. The fraction of sp³-hybridized carbons (Fsp3) is 0.571. The van der Waals surface area contributed by atoms with E-state index in [4.69, 9.17) is 9.84 Å². The maximum absolute atomic E-state index is 9.17. The van der Waals surface area contributed by atoms with Crippen LogP contribution in [0.25, 0.3) is 0 Å². The van der Waals surface area contributed by atoms with Gasteiger partial charge in [0, 0.05) is 24.8 Å². The van der Waals surface area contributed by atoms with Crippen molar-refractivity contribution >= 4 is 0 Å². The topological polar surface area (TPSA) is 61.7 Å². The number of methoxy groups -OCH3 is 1. The SMILES string of the molecule is COc1cc(C)cc(C)c1CNC(CO)CCO. The highest BCUT2D eigenvalue weighted by Crippen LogP contribution is 2.24. The summed E-state index contributed by atoms with van der Waals surface area (Å²) in [6, 6.07) is 4.03. The van der Waals surface area contributed by atoms with Crippen LogP contribution in [0.15, 0.2) is 12.1 Å². The maximum Gasteiger partial charge on any atom is 0.123 e. The zero-order valence-electron chi connectivity index (χ0n) is 11.4. The molecule has 1 rings (SSSR count). The third kappa shape index (κ3) is 3.98. The first-order chi connectivity index (χ1) is 8.62. The van der Waals surface area contributed by atoms with Crippen molar-refractivity contribution in [3.05, 3.63) is 28.8 Å². The van der Waals surface area contributed by atoms with Gasteiger partial charge in [0.25, 0.3) is 0 Å². The molecule has 0 saturated carbocycles. The Balaban J connectivity index is 2.77. The van der Waals surface area contributed by atoms with E-state index in [0.717, 1.165) is 11.3 Å². The number of ether oxygens (including phenoxy) is 1. The zero-order chi connectivity index (χ0) is 13.5. The monoisotopic (exact) mass is 253 g/mol. The van der Waals surface area contributed by atoms with Crippen LogP contribution in [0.5, 0.6) is 5.75 Å². The van der Waals surface area contributed by atoms with Gasteiger partial charge < -0.3 is 20.3 Å². The normalized spacial score (nSPS) is 12.5. The predicted octanol–water partition coefficient (Wildman–Crippen LogP) is 1.14. The summed E-state index contributed by atoms with van der Waals surface area (Å²) in [6.45, 7) is 4.80. The summed E-state index contributed by atoms with van der Waals surface area (Å²) in [6.07, 6.45) is 0.545. The van der Waals surface area contributed by atoms with Crippen molar-refractivity contribution in [2.24, 2.45) is 0 Å². The third-order valence-electron chi connectivity index (χ3n) is 3.06. The number of nitrogens with one attached hydrogen (secondary N) is 1. The molecule has 0 fully saturated rings. The average molecular weight is 253 g/mol. The fourth-order valence-corrected chi connectivity index (χ4v) is 2.03. The van der Waals surface area contributed by atoms with Gasteiger partial charge >= 0.3 is 0 Å². The average Bonchev–Trinajstić information content (AvgIpc) is 2.35. The molecular weight excluding hydrogens is 230 g/mol. The van der Waals surface area contributed by atoms with E-state index in [-0.39, 0.29) is 19.3 Å². The van der Waals surface area contributed by atoms with E-state index in [9.17, 15) is 5.11 Å². The second-order valence-corrected chi connectivity index (χ2v) is 4.54.